The average molecular weight is 130 g/mol. The van der Waals surface area contributed by atoms with Gasteiger partial charge in [-0.05, 0) is 12.8 Å². The van der Waals surface area contributed by atoms with E-state index < -0.39 is 0 Å². The lowest BCUT2D eigenvalue weighted by molar-refractivity contribution is 0.206. The van der Waals surface area contributed by atoms with Crippen LogP contribution in [0.4, 0.5) is 0 Å². The van der Waals surface area contributed by atoms with Crippen LogP contribution in [0.3, 0.4) is 0 Å². The highest BCUT2D eigenvalue weighted by atomic mass is 16.3. The van der Waals surface area contributed by atoms with Gasteiger partial charge in [-0.25, -0.2) is 0 Å². The molecule has 0 aromatic carbocycles. The van der Waals surface area contributed by atoms with Crippen LogP contribution in [0.25, 0.3) is 0 Å². The number of hydrogen-bond acceptors (Lipinski definition) is 3. The Kier molecular flexibility index (Phi) is 2.05. The van der Waals surface area contributed by atoms with Crippen molar-refractivity contribution in [2.45, 2.75) is 24.9 Å². The van der Waals surface area contributed by atoms with Gasteiger partial charge in [0.15, 0.2) is 0 Å². The molecule has 0 spiro atoms. The van der Waals surface area contributed by atoms with Crippen molar-refractivity contribution in [1.29, 1.82) is 0 Å². The van der Waals surface area contributed by atoms with Crippen LogP contribution < -0.4 is 11.5 Å². The summed E-state index contributed by atoms with van der Waals surface area (Å²) in [7, 11) is 0. The van der Waals surface area contributed by atoms with Gasteiger partial charge >= 0.3 is 0 Å². The van der Waals surface area contributed by atoms with E-state index in [4.69, 9.17) is 16.6 Å². The zero-order valence-corrected chi connectivity index (χ0v) is 5.46. The summed E-state index contributed by atoms with van der Waals surface area (Å²) in [5.41, 5.74) is 11.3. The molecule has 3 heteroatoms. The summed E-state index contributed by atoms with van der Waals surface area (Å²) in [6.45, 7) is 0.141. The van der Waals surface area contributed by atoms with Gasteiger partial charge in [0.05, 0.1) is 0 Å². The smallest absolute Gasteiger partial charge is 0.0488 e. The van der Waals surface area contributed by atoms with Crippen LogP contribution in [-0.2, 0) is 0 Å². The van der Waals surface area contributed by atoms with E-state index in [1.54, 1.807) is 0 Å². The van der Waals surface area contributed by atoms with Gasteiger partial charge < -0.3 is 16.6 Å². The van der Waals surface area contributed by atoms with E-state index in [1.807, 2.05) is 0 Å². The maximum atomic E-state index is 8.75. The molecule has 0 aromatic rings. The molecule has 0 radical (unpaired) electrons. The van der Waals surface area contributed by atoms with Crippen LogP contribution in [0.5, 0.6) is 0 Å². The molecule has 5 N–H and O–H groups in total. The first kappa shape index (κ1) is 6.99. The molecule has 0 aromatic heterocycles. The normalized spacial score (nSPS) is 37.7. The number of aliphatic hydroxyl groups excluding tert-OH is 1. The van der Waals surface area contributed by atoms with E-state index in [1.165, 1.54) is 0 Å². The molecular formula is C6H14N2O. The molecule has 54 valence electrons. The highest BCUT2D eigenvalue weighted by Crippen LogP contribution is 2.21. The molecule has 3 nitrogen and oxygen atoms in total. The van der Waals surface area contributed by atoms with Gasteiger partial charge in [0.1, 0.15) is 0 Å². The zero-order valence-electron chi connectivity index (χ0n) is 5.46. The Labute approximate surface area is 55.0 Å². The fraction of sp³-hybridized carbons (Fsp3) is 1.00. The molecule has 1 saturated carbocycles. The van der Waals surface area contributed by atoms with E-state index in [9.17, 15) is 0 Å². The van der Waals surface area contributed by atoms with Crippen molar-refractivity contribution in [3.05, 3.63) is 0 Å². The van der Waals surface area contributed by atoms with E-state index in [0.29, 0.717) is 0 Å². The maximum Gasteiger partial charge on any atom is 0.0488 e. The minimum absolute atomic E-state index is 0.130. The molecule has 0 aliphatic heterocycles. The fourth-order valence-electron chi connectivity index (χ4n) is 1.40. The second-order valence-corrected chi connectivity index (χ2v) is 2.75. The second-order valence-electron chi connectivity index (χ2n) is 2.75. The molecule has 0 heterocycles. The minimum Gasteiger partial charge on any atom is -0.396 e. The average Bonchev–Trinajstić information content (AvgIpc) is 2.12. The van der Waals surface area contributed by atoms with Crippen molar-refractivity contribution in [1.82, 2.24) is 0 Å². The van der Waals surface area contributed by atoms with Crippen molar-refractivity contribution >= 4 is 0 Å². The van der Waals surface area contributed by atoms with Crippen molar-refractivity contribution in [3.63, 3.8) is 0 Å². The highest BCUT2D eigenvalue weighted by molar-refractivity contribution is 4.89. The van der Waals surface area contributed by atoms with E-state index >= 15 is 0 Å². The van der Waals surface area contributed by atoms with E-state index in [-0.39, 0.29) is 24.6 Å². The number of nitrogens with two attached hydrogens (primary N) is 2. The topological polar surface area (TPSA) is 72.3 Å². The quantitative estimate of drug-likeness (QED) is 0.428. The molecule has 1 aliphatic carbocycles. The zero-order chi connectivity index (χ0) is 6.85. The number of hydrogen-bond donors (Lipinski definition) is 3. The van der Waals surface area contributed by atoms with Crippen LogP contribution in [-0.4, -0.2) is 23.8 Å². The van der Waals surface area contributed by atoms with Gasteiger partial charge in [-0.3, -0.25) is 0 Å². The molecule has 0 amide bonds. The summed E-state index contributed by atoms with van der Waals surface area (Å²) in [5.74, 6) is 0.144. The lowest BCUT2D eigenvalue weighted by Gasteiger charge is -2.15. The lowest BCUT2D eigenvalue weighted by Crippen LogP contribution is -2.36. The molecule has 2 atom stereocenters. The van der Waals surface area contributed by atoms with Crippen molar-refractivity contribution in [3.8, 4) is 0 Å². The van der Waals surface area contributed by atoms with Gasteiger partial charge in [0, 0.05) is 24.6 Å². The molecule has 0 saturated heterocycles. The summed E-state index contributed by atoms with van der Waals surface area (Å²) in [4.78, 5) is 0. The predicted octanol–water partition coefficient (Wildman–Crippen LogP) is -0.957. The monoisotopic (exact) mass is 130 g/mol. The Balaban J connectivity index is 2.44. The predicted molar refractivity (Wildman–Crippen MR) is 35.8 cm³/mol. The summed E-state index contributed by atoms with van der Waals surface area (Å²) in [6.07, 6.45) is 1.93. The Morgan fingerprint density at radius 3 is 1.89 bits per heavy atom. The SMILES string of the molecule is N[C@H]1CC[C@H](N)C1CO. The van der Waals surface area contributed by atoms with Crippen LogP contribution in [0.2, 0.25) is 0 Å². The van der Waals surface area contributed by atoms with Crippen LogP contribution >= 0.6 is 0 Å². The molecule has 1 fully saturated rings. The molecule has 9 heavy (non-hydrogen) atoms. The largest absolute Gasteiger partial charge is 0.396 e. The Hall–Kier alpha value is -0.120. The molecule has 1 aliphatic rings. The third-order valence-corrected chi connectivity index (χ3v) is 2.14. The molecule has 0 bridgehead atoms. The van der Waals surface area contributed by atoms with Gasteiger partial charge in [-0.1, -0.05) is 0 Å². The van der Waals surface area contributed by atoms with Gasteiger partial charge in [0.25, 0.3) is 0 Å². The summed E-state index contributed by atoms with van der Waals surface area (Å²) < 4.78 is 0. The first-order valence-electron chi connectivity index (χ1n) is 3.37. The number of rotatable bonds is 1. The Bertz CT molecular complexity index is 87.1. The number of aliphatic hydroxyl groups is 1. The molecular weight excluding hydrogens is 116 g/mol. The van der Waals surface area contributed by atoms with Crippen LogP contribution in [0.1, 0.15) is 12.8 Å². The minimum atomic E-state index is 0.130. The van der Waals surface area contributed by atoms with E-state index in [2.05, 4.69) is 0 Å². The third-order valence-electron chi connectivity index (χ3n) is 2.14. The van der Waals surface area contributed by atoms with Crippen LogP contribution in [0.15, 0.2) is 0 Å². The van der Waals surface area contributed by atoms with Gasteiger partial charge in [-0.2, -0.15) is 0 Å². The Morgan fingerprint density at radius 1 is 1.22 bits per heavy atom. The van der Waals surface area contributed by atoms with Gasteiger partial charge in [0.2, 0.25) is 0 Å². The standard InChI is InChI=1S/C6H14N2O/c7-5-1-2-6(8)4(5)3-9/h4-6,9H,1-3,7-8H2/t5-,6-/m0/s1. The molecule has 1 rings (SSSR count). The Morgan fingerprint density at radius 2 is 1.67 bits per heavy atom. The van der Waals surface area contributed by atoms with Gasteiger partial charge in [-0.15, -0.1) is 0 Å². The molecule has 0 unspecified atom stereocenters. The first-order valence-corrected chi connectivity index (χ1v) is 3.37. The maximum absolute atomic E-state index is 8.75. The highest BCUT2D eigenvalue weighted by Gasteiger charge is 2.30. The summed E-state index contributed by atoms with van der Waals surface area (Å²) in [5, 5.41) is 8.75. The summed E-state index contributed by atoms with van der Waals surface area (Å²) in [6, 6.07) is 0.259. The third kappa shape index (κ3) is 1.23. The van der Waals surface area contributed by atoms with Crippen molar-refractivity contribution < 1.29 is 5.11 Å². The van der Waals surface area contributed by atoms with Crippen molar-refractivity contribution in [2.75, 3.05) is 6.61 Å². The van der Waals surface area contributed by atoms with E-state index in [0.717, 1.165) is 12.8 Å². The van der Waals surface area contributed by atoms with Crippen LogP contribution in [0, 0.1) is 5.92 Å². The first-order chi connectivity index (χ1) is 4.25. The lowest BCUT2D eigenvalue weighted by atomic mass is 10.0. The fourth-order valence-corrected chi connectivity index (χ4v) is 1.40. The van der Waals surface area contributed by atoms with Crippen molar-refractivity contribution in [2.24, 2.45) is 17.4 Å². The summed E-state index contributed by atoms with van der Waals surface area (Å²) >= 11 is 0. The second kappa shape index (κ2) is 2.64.